The molecule has 1 N–H and O–H groups in total. The summed E-state index contributed by atoms with van der Waals surface area (Å²) in [5, 5.41) is 10.3. The number of rotatable bonds is 4. The molecule has 0 aliphatic heterocycles. The summed E-state index contributed by atoms with van der Waals surface area (Å²) in [6.07, 6.45) is 3.14. The molecule has 3 rings (SSSR count). The van der Waals surface area contributed by atoms with Crippen LogP contribution in [0.4, 0.5) is 6.01 Å². The predicted molar refractivity (Wildman–Crippen MR) is 88.6 cm³/mol. The molecular formula is C18H15N3O2. The van der Waals surface area contributed by atoms with Crippen LogP contribution < -0.4 is 5.32 Å². The van der Waals surface area contributed by atoms with Crippen LogP contribution in [0.3, 0.4) is 0 Å². The largest absolute Gasteiger partial charge is 0.403 e. The fourth-order valence-corrected chi connectivity index (χ4v) is 1.97. The third-order valence-electron chi connectivity index (χ3n) is 3.18. The topological polar surface area (TPSA) is 68.0 Å². The van der Waals surface area contributed by atoms with Gasteiger partial charge in [-0.1, -0.05) is 53.1 Å². The number of amides is 1. The van der Waals surface area contributed by atoms with Gasteiger partial charge in [-0.2, -0.15) is 0 Å². The smallest absolute Gasteiger partial charge is 0.322 e. The molecule has 0 bridgehead atoms. The van der Waals surface area contributed by atoms with Crippen molar-refractivity contribution in [1.29, 1.82) is 0 Å². The number of anilines is 1. The first-order valence-corrected chi connectivity index (χ1v) is 7.15. The molecule has 1 heterocycles. The third kappa shape index (κ3) is 3.91. The van der Waals surface area contributed by atoms with Gasteiger partial charge in [-0.05, 0) is 30.7 Å². The van der Waals surface area contributed by atoms with Crippen LogP contribution >= 0.6 is 0 Å². The van der Waals surface area contributed by atoms with Crippen molar-refractivity contribution in [3.63, 3.8) is 0 Å². The average Bonchev–Trinajstić information content (AvgIpc) is 3.03. The zero-order chi connectivity index (χ0) is 16.1. The van der Waals surface area contributed by atoms with Crippen LogP contribution in [-0.2, 0) is 4.79 Å². The van der Waals surface area contributed by atoms with E-state index in [0.717, 1.165) is 16.7 Å². The fraction of sp³-hybridized carbons (Fsp3) is 0.0556. The first-order valence-electron chi connectivity index (χ1n) is 7.15. The van der Waals surface area contributed by atoms with Crippen LogP contribution in [-0.4, -0.2) is 16.1 Å². The van der Waals surface area contributed by atoms with Crippen molar-refractivity contribution in [1.82, 2.24) is 10.2 Å². The van der Waals surface area contributed by atoms with Gasteiger partial charge in [-0.25, -0.2) is 0 Å². The number of nitrogens with one attached hydrogen (secondary N) is 1. The molecule has 3 aromatic rings. The second kappa shape index (κ2) is 6.70. The van der Waals surface area contributed by atoms with Gasteiger partial charge in [-0.15, -0.1) is 5.10 Å². The summed E-state index contributed by atoms with van der Waals surface area (Å²) in [5.41, 5.74) is 2.89. The Bertz CT molecular complexity index is 821. The minimum absolute atomic E-state index is 0.0725. The molecule has 0 spiro atoms. The Hall–Kier alpha value is -3.21. The SMILES string of the molecule is Cc1ccc(-c2nnc(NC(=O)C=Cc3ccccc3)o2)cc1. The number of hydrogen-bond donors (Lipinski definition) is 1. The summed E-state index contributed by atoms with van der Waals surface area (Å²) < 4.78 is 5.44. The lowest BCUT2D eigenvalue weighted by molar-refractivity contribution is -0.112. The zero-order valence-corrected chi connectivity index (χ0v) is 12.6. The highest BCUT2D eigenvalue weighted by Crippen LogP contribution is 2.20. The lowest BCUT2D eigenvalue weighted by atomic mass is 10.1. The van der Waals surface area contributed by atoms with Crippen LogP contribution in [0.25, 0.3) is 17.5 Å². The maximum Gasteiger partial charge on any atom is 0.322 e. The molecule has 0 atom stereocenters. The molecule has 0 aliphatic carbocycles. The normalized spacial score (nSPS) is 10.8. The van der Waals surface area contributed by atoms with Crippen molar-refractivity contribution >= 4 is 18.0 Å². The number of carbonyl (C=O) groups excluding carboxylic acids is 1. The van der Waals surface area contributed by atoms with Crippen molar-refractivity contribution in [3.8, 4) is 11.5 Å². The van der Waals surface area contributed by atoms with E-state index in [1.54, 1.807) is 6.08 Å². The zero-order valence-electron chi connectivity index (χ0n) is 12.6. The molecular weight excluding hydrogens is 290 g/mol. The summed E-state index contributed by atoms with van der Waals surface area (Å²) in [6.45, 7) is 2.00. The number of aromatic nitrogens is 2. The highest BCUT2D eigenvalue weighted by molar-refractivity contribution is 6.00. The second-order valence-electron chi connectivity index (χ2n) is 5.01. The van der Waals surface area contributed by atoms with Gasteiger partial charge in [-0.3, -0.25) is 10.1 Å². The highest BCUT2D eigenvalue weighted by Gasteiger charge is 2.09. The number of nitrogens with zero attached hydrogens (tertiary/aromatic N) is 2. The Kier molecular flexibility index (Phi) is 4.29. The second-order valence-corrected chi connectivity index (χ2v) is 5.01. The molecule has 2 aromatic carbocycles. The summed E-state index contributed by atoms with van der Waals surface area (Å²) in [4.78, 5) is 11.9. The van der Waals surface area contributed by atoms with Gasteiger partial charge < -0.3 is 4.42 Å². The Balaban J connectivity index is 1.66. The molecule has 0 aliphatic rings. The van der Waals surface area contributed by atoms with E-state index in [-0.39, 0.29) is 11.9 Å². The predicted octanol–water partition coefficient (Wildman–Crippen LogP) is 3.70. The van der Waals surface area contributed by atoms with E-state index in [1.165, 1.54) is 6.08 Å². The van der Waals surface area contributed by atoms with E-state index in [4.69, 9.17) is 4.42 Å². The minimum atomic E-state index is -0.326. The van der Waals surface area contributed by atoms with E-state index in [1.807, 2.05) is 61.5 Å². The first-order chi connectivity index (χ1) is 11.2. The van der Waals surface area contributed by atoms with Crippen molar-refractivity contribution in [2.24, 2.45) is 0 Å². The van der Waals surface area contributed by atoms with Gasteiger partial charge in [0.2, 0.25) is 5.89 Å². The number of aryl methyl sites for hydroxylation is 1. The molecule has 0 fully saturated rings. The minimum Gasteiger partial charge on any atom is -0.403 e. The van der Waals surface area contributed by atoms with Crippen LogP contribution in [0.2, 0.25) is 0 Å². The van der Waals surface area contributed by atoms with Crippen molar-refractivity contribution in [2.45, 2.75) is 6.92 Å². The molecule has 0 unspecified atom stereocenters. The maximum absolute atomic E-state index is 11.9. The van der Waals surface area contributed by atoms with Gasteiger partial charge in [0.05, 0.1) is 0 Å². The van der Waals surface area contributed by atoms with E-state index < -0.39 is 0 Å². The quantitative estimate of drug-likeness (QED) is 0.746. The van der Waals surface area contributed by atoms with Crippen LogP contribution in [0.1, 0.15) is 11.1 Å². The van der Waals surface area contributed by atoms with Gasteiger partial charge >= 0.3 is 6.01 Å². The van der Waals surface area contributed by atoms with E-state index in [2.05, 4.69) is 15.5 Å². The molecule has 0 radical (unpaired) electrons. The molecule has 0 saturated carbocycles. The molecule has 5 heteroatoms. The van der Waals surface area contributed by atoms with E-state index in [0.29, 0.717) is 5.89 Å². The lowest BCUT2D eigenvalue weighted by Gasteiger charge is -1.96. The van der Waals surface area contributed by atoms with Crippen molar-refractivity contribution < 1.29 is 9.21 Å². The van der Waals surface area contributed by atoms with Crippen molar-refractivity contribution in [2.75, 3.05) is 5.32 Å². The highest BCUT2D eigenvalue weighted by atomic mass is 16.4. The van der Waals surface area contributed by atoms with Crippen LogP contribution in [0.5, 0.6) is 0 Å². The molecule has 1 amide bonds. The first kappa shape index (κ1) is 14.7. The van der Waals surface area contributed by atoms with Crippen LogP contribution in [0.15, 0.2) is 65.1 Å². The van der Waals surface area contributed by atoms with Crippen LogP contribution in [0, 0.1) is 6.92 Å². The Morgan fingerprint density at radius 2 is 1.78 bits per heavy atom. The van der Waals surface area contributed by atoms with E-state index in [9.17, 15) is 4.79 Å². The van der Waals surface area contributed by atoms with Crippen molar-refractivity contribution in [3.05, 3.63) is 71.8 Å². The maximum atomic E-state index is 11.9. The van der Waals surface area contributed by atoms with E-state index >= 15 is 0 Å². The third-order valence-corrected chi connectivity index (χ3v) is 3.18. The molecule has 0 saturated heterocycles. The molecule has 23 heavy (non-hydrogen) atoms. The fourth-order valence-electron chi connectivity index (χ4n) is 1.97. The number of hydrogen-bond acceptors (Lipinski definition) is 4. The molecule has 114 valence electrons. The number of benzene rings is 2. The summed E-state index contributed by atoms with van der Waals surface area (Å²) in [5.74, 6) is 0.0419. The molecule has 5 nitrogen and oxygen atoms in total. The Morgan fingerprint density at radius 3 is 2.52 bits per heavy atom. The Morgan fingerprint density at radius 1 is 1.04 bits per heavy atom. The monoisotopic (exact) mass is 305 g/mol. The van der Waals surface area contributed by atoms with Gasteiger partial charge in [0.15, 0.2) is 0 Å². The summed E-state index contributed by atoms with van der Waals surface area (Å²) in [6, 6.07) is 17.3. The lowest BCUT2D eigenvalue weighted by Crippen LogP contribution is -2.07. The summed E-state index contributed by atoms with van der Waals surface area (Å²) >= 11 is 0. The van der Waals surface area contributed by atoms with Gasteiger partial charge in [0, 0.05) is 11.6 Å². The van der Waals surface area contributed by atoms with Gasteiger partial charge in [0.1, 0.15) is 0 Å². The summed E-state index contributed by atoms with van der Waals surface area (Å²) in [7, 11) is 0. The van der Waals surface area contributed by atoms with Gasteiger partial charge in [0.25, 0.3) is 5.91 Å². The average molecular weight is 305 g/mol. The number of carbonyl (C=O) groups is 1. The molecule has 1 aromatic heterocycles. The Labute approximate surface area is 133 Å². The standard InChI is InChI=1S/C18H15N3O2/c1-13-7-10-15(11-8-13)17-20-21-18(23-17)19-16(22)12-9-14-5-3-2-4-6-14/h2-12H,1H3,(H,19,21,22).